The van der Waals surface area contributed by atoms with E-state index in [0.29, 0.717) is 11.1 Å². The Bertz CT molecular complexity index is 1730. The van der Waals surface area contributed by atoms with Crippen LogP contribution >= 0.6 is 0 Å². The second-order valence-corrected chi connectivity index (χ2v) is 8.00. The number of nitrogen functional groups attached to an aromatic ring is 1. The van der Waals surface area contributed by atoms with E-state index in [1.165, 1.54) is 36.5 Å². The first kappa shape index (κ1) is 25.4. The minimum atomic E-state index is -0.701. The van der Waals surface area contributed by atoms with Crippen LogP contribution in [-0.4, -0.2) is 48.3 Å². The third-order valence-electron chi connectivity index (χ3n) is 5.39. The number of anilines is 1. The van der Waals surface area contributed by atoms with Gasteiger partial charge >= 0.3 is 5.97 Å². The molecular weight excluding hydrogens is 522 g/mol. The van der Waals surface area contributed by atoms with Gasteiger partial charge in [-0.25, -0.2) is 14.8 Å². The van der Waals surface area contributed by atoms with Gasteiger partial charge in [0.25, 0.3) is 11.6 Å². The summed E-state index contributed by atoms with van der Waals surface area (Å²) >= 11 is 0. The van der Waals surface area contributed by atoms with Gasteiger partial charge in [-0.1, -0.05) is 47.7 Å². The topological polar surface area (TPSA) is 207 Å². The van der Waals surface area contributed by atoms with Crippen molar-refractivity contribution in [2.45, 2.75) is 0 Å². The van der Waals surface area contributed by atoms with Crippen LogP contribution < -0.4 is 15.9 Å². The Labute approximate surface area is 224 Å². The molecule has 40 heavy (non-hydrogen) atoms. The molecule has 2 heterocycles. The van der Waals surface area contributed by atoms with Gasteiger partial charge in [0, 0.05) is 17.7 Å². The van der Waals surface area contributed by atoms with Gasteiger partial charge in [0.2, 0.25) is 11.6 Å². The monoisotopic (exact) mass is 539 g/mol. The van der Waals surface area contributed by atoms with Gasteiger partial charge in [0.05, 0.1) is 16.7 Å². The second kappa shape index (κ2) is 11.0. The van der Waals surface area contributed by atoms with E-state index >= 15 is 0 Å². The maximum Gasteiger partial charge on any atom is 0.343 e. The number of amides is 1. The Morgan fingerprint density at radius 3 is 2.52 bits per heavy atom. The van der Waals surface area contributed by atoms with E-state index in [-0.39, 0.29) is 40.0 Å². The van der Waals surface area contributed by atoms with Crippen molar-refractivity contribution >= 4 is 29.6 Å². The molecule has 0 saturated heterocycles. The molecule has 0 saturated carbocycles. The Kier molecular flexibility index (Phi) is 6.99. The fourth-order valence-corrected chi connectivity index (χ4v) is 3.52. The van der Waals surface area contributed by atoms with Gasteiger partial charge < -0.3 is 10.5 Å². The molecule has 0 fully saturated rings. The van der Waals surface area contributed by atoms with Gasteiger partial charge in [-0.2, -0.15) is 9.78 Å². The summed E-state index contributed by atoms with van der Waals surface area (Å²) in [5.41, 5.74) is 9.53. The van der Waals surface area contributed by atoms with Gasteiger partial charge in [-0.15, -0.1) is 5.10 Å². The number of hydrogen-bond acceptors (Lipinski definition) is 12. The zero-order valence-electron chi connectivity index (χ0n) is 20.2. The van der Waals surface area contributed by atoms with Crippen molar-refractivity contribution in [2.75, 3.05) is 5.73 Å². The minimum Gasteiger partial charge on any atom is -0.423 e. The molecule has 198 valence electrons. The van der Waals surface area contributed by atoms with Crippen molar-refractivity contribution in [1.82, 2.24) is 30.7 Å². The number of ether oxygens (including phenoxy) is 1. The third kappa shape index (κ3) is 5.37. The predicted molar refractivity (Wildman–Crippen MR) is 139 cm³/mol. The molecule has 0 radical (unpaired) electrons. The summed E-state index contributed by atoms with van der Waals surface area (Å²) in [5, 5.41) is 30.1. The fraction of sp³-hybridized carbons (Fsp3) is 0. The van der Waals surface area contributed by atoms with Crippen LogP contribution in [0.1, 0.15) is 26.4 Å². The van der Waals surface area contributed by atoms with Crippen LogP contribution in [0.5, 0.6) is 5.75 Å². The number of nitrogens with zero attached hydrogens (tertiary/aromatic N) is 7. The molecule has 0 aliphatic rings. The van der Waals surface area contributed by atoms with Gasteiger partial charge in [-0.05, 0) is 40.1 Å². The van der Waals surface area contributed by atoms with E-state index in [0.717, 1.165) is 4.68 Å². The first-order chi connectivity index (χ1) is 19.4. The Balaban J connectivity index is 1.32. The standard InChI is InChI=1S/C25H17N9O6/c26-22-23(31-40-30-22)33-21(20(28-32-33)16-6-2-1-3-7-16)24(35)29-27-14-15-5-4-8-19(13-15)39-25(36)17-9-11-18(12-10-17)34(37)38/h1-14H,(H2,26,30)(H,29,35)/b27-14-. The van der Waals surface area contributed by atoms with E-state index in [1.807, 2.05) is 6.07 Å². The van der Waals surface area contributed by atoms with Crippen LogP contribution in [0, 0.1) is 10.1 Å². The summed E-state index contributed by atoms with van der Waals surface area (Å²) in [7, 11) is 0. The number of carbonyl (C=O) groups is 2. The highest BCUT2D eigenvalue weighted by Gasteiger charge is 2.25. The SMILES string of the molecule is Nc1nonc1-n1nnc(-c2ccccc2)c1C(=O)N/N=C\c1cccc(OC(=O)c2ccc([N+](=O)[O-])cc2)c1. The van der Waals surface area contributed by atoms with Gasteiger partial charge in [0.15, 0.2) is 5.69 Å². The Morgan fingerprint density at radius 2 is 1.82 bits per heavy atom. The summed E-state index contributed by atoms with van der Waals surface area (Å²) in [6, 6.07) is 20.2. The number of hydrogen-bond donors (Lipinski definition) is 2. The van der Waals surface area contributed by atoms with Crippen LogP contribution in [0.25, 0.3) is 17.1 Å². The largest absolute Gasteiger partial charge is 0.423 e. The number of non-ortho nitro benzene ring substituents is 1. The zero-order chi connectivity index (χ0) is 28.1. The van der Waals surface area contributed by atoms with E-state index in [4.69, 9.17) is 10.5 Å². The quantitative estimate of drug-likeness (QED) is 0.0963. The van der Waals surface area contributed by atoms with Gasteiger partial charge in [-0.3, -0.25) is 14.9 Å². The predicted octanol–water partition coefficient (Wildman–Crippen LogP) is 2.79. The highest BCUT2D eigenvalue weighted by atomic mass is 16.6. The molecule has 15 heteroatoms. The van der Waals surface area contributed by atoms with Crippen molar-refractivity contribution in [3.8, 4) is 22.8 Å². The lowest BCUT2D eigenvalue weighted by atomic mass is 10.1. The number of rotatable bonds is 8. The summed E-state index contributed by atoms with van der Waals surface area (Å²) in [5.74, 6) is -1.30. The molecule has 0 aliphatic carbocycles. The third-order valence-corrected chi connectivity index (χ3v) is 5.39. The van der Waals surface area contributed by atoms with E-state index in [2.05, 4.69) is 35.8 Å². The van der Waals surface area contributed by atoms with Crippen molar-refractivity contribution in [3.05, 3.63) is 106 Å². The molecule has 0 aliphatic heterocycles. The molecule has 3 aromatic carbocycles. The highest BCUT2D eigenvalue weighted by Crippen LogP contribution is 2.24. The number of aromatic nitrogens is 5. The lowest BCUT2D eigenvalue weighted by Crippen LogP contribution is -2.22. The molecule has 5 aromatic rings. The molecule has 1 amide bonds. The number of nitro benzene ring substituents is 1. The lowest BCUT2D eigenvalue weighted by molar-refractivity contribution is -0.384. The zero-order valence-corrected chi connectivity index (χ0v) is 20.2. The minimum absolute atomic E-state index is 0.0171. The van der Waals surface area contributed by atoms with Crippen molar-refractivity contribution in [1.29, 1.82) is 0 Å². The highest BCUT2D eigenvalue weighted by molar-refractivity contribution is 5.99. The summed E-state index contributed by atoms with van der Waals surface area (Å²) < 4.78 is 11.1. The van der Waals surface area contributed by atoms with E-state index in [9.17, 15) is 19.7 Å². The van der Waals surface area contributed by atoms with Crippen molar-refractivity contribution in [3.63, 3.8) is 0 Å². The maximum absolute atomic E-state index is 13.2. The van der Waals surface area contributed by atoms with E-state index < -0.39 is 16.8 Å². The fourth-order valence-electron chi connectivity index (χ4n) is 3.52. The molecule has 0 spiro atoms. The first-order valence-corrected chi connectivity index (χ1v) is 11.4. The molecular formula is C25H17N9O6. The molecule has 15 nitrogen and oxygen atoms in total. The molecule has 2 aromatic heterocycles. The van der Waals surface area contributed by atoms with Crippen molar-refractivity contribution in [2.24, 2.45) is 5.10 Å². The smallest absolute Gasteiger partial charge is 0.343 e. The normalized spacial score (nSPS) is 10.9. The van der Waals surface area contributed by atoms with Gasteiger partial charge in [0.1, 0.15) is 11.4 Å². The molecule has 5 rings (SSSR count). The maximum atomic E-state index is 13.2. The molecule has 0 unspecified atom stereocenters. The second-order valence-electron chi connectivity index (χ2n) is 8.00. The average Bonchev–Trinajstić information content (AvgIpc) is 3.60. The lowest BCUT2D eigenvalue weighted by Gasteiger charge is -2.06. The summed E-state index contributed by atoms with van der Waals surface area (Å²) in [6.45, 7) is 0. The number of nitrogens with two attached hydrogens (primary N) is 1. The van der Waals surface area contributed by atoms with Crippen LogP contribution in [-0.2, 0) is 0 Å². The van der Waals surface area contributed by atoms with Crippen LogP contribution in [0.2, 0.25) is 0 Å². The number of esters is 1. The molecule has 0 bridgehead atoms. The van der Waals surface area contributed by atoms with Crippen LogP contribution in [0.4, 0.5) is 11.5 Å². The van der Waals surface area contributed by atoms with Crippen LogP contribution in [0.3, 0.4) is 0 Å². The molecule has 0 atom stereocenters. The van der Waals surface area contributed by atoms with E-state index in [1.54, 1.807) is 42.5 Å². The number of benzene rings is 3. The van der Waals surface area contributed by atoms with Crippen molar-refractivity contribution < 1.29 is 23.9 Å². The average molecular weight is 539 g/mol. The Hall–Kier alpha value is -6.25. The van der Waals surface area contributed by atoms with Crippen LogP contribution in [0.15, 0.2) is 88.6 Å². The summed E-state index contributed by atoms with van der Waals surface area (Å²) in [6.07, 6.45) is 1.34. The number of nitro groups is 1. The number of carbonyl (C=O) groups excluding carboxylic acids is 2. The molecule has 3 N–H and O–H groups in total. The first-order valence-electron chi connectivity index (χ1n) is 11.4. The Morgan fingerprint density at radius 1 is 1.05 bits per heavy atom. The summed E-state index contributed by atoms with van der Waals surface area (Å²) in [4.78, 5) is 35.9. The number of nitrogens with one attached hydrogen (secondary N) is 1. The number of hydrazone groups is 1.